The number of nitrogens with zero attached hydrogens (tertiary/aromatic N) is 4. The van der Waals surface area contributed by atoms with Crippen molar-refractivity contribution in [2.75, 3.05) is 59.3 Å². The quantitative estimate of drug-likeness (QED) is 0.420. The summed E-state index contributed by atoms with van der Waals surface area (Å²) in [5, 5.41) is 17.0. The van der Waals surface area contributed by atoms with E-state index < -0.39 is 22.9 Å². The summed E-state index contributed by atoms with van der Waals surface area (Å²) in [4.78, 5) is 50.7. The SMILES string of the molecule is CC(=O)NC[C@H]1CN(c2ccc(N3CCN(c4cc(NC(C)=O)sc4[N+](=O)[O-])CC3)c(F)c2)C(=O)O1. The standard InChI is InChI=1S/C22H25FN6O6S/c1-13(30)24-11-16-12-28(22(32)35-16)15-3-4-18(17(23)9-15)26-5-7-27(8-6-26)19-10-20(25-14(2)31)36-21(19)29(33)34/h3-4,9-10,16H,5-8,11-12H2,1-2H3,(H,24,30)(H,25,31)/t16-/m0/s1. The Labute approximate surface area is 209 Å². The first-order chi connectivity index (χ1) is 17.1. The fraction of sp³-hybridized carbons (Fsp3) is 0.409. The maximum Gasteiger partial charge on any atom is 0.414 e. The molecule has 0 unspecified atom stereocenters. The zero-order valence-corrected chi connectivity index (χ0v) is 20.5. The van der Waals surface area contributed by atoms with Crippen molar-refractivity contribution in [3.63, 3.8) is 0 Å². The number of carbonyl (C=O) groups is 3. The molecule has 2 aliphatic heterocycles. The van der Waals surface area contributed by atoms with E-state index in [1.54, 1.807) is 18.2 Å². The highest BCUT2D eigenvalue weighted by Gasteiger charge is 2.33. The molecule has 1 atom stereocenters. The monoisotopic (exact) mass is 520 g/mol. The number of ether oxygens (including phenoxy) is 1. The van der Waals surface area contributed by atoms with Crippen LogP contribution >= 0.6 is 11.3 Å². The molecule has 2 saturated heterocycles. The first-order valence-electron chi connectivity index (χ1n) is 11.2. The largest absolute Gasteiger partial charge is 0.442 e. The highest BCUT2D eigenvalue weighted by molar-refractivity contribution is 7.20. The number of halogens is 1. The molecule has 1 aromatic heterocycles. The van der Waals surface area contributed by atoms with Gasteiger partial charge in [0.1, 0.15) is 22.6 Å². The molecule has 0 radical (unpaired) electrons. The topological polar surface area (TPSA) is 137 Å². The van der Waals surface area contributed by atoms with Gasteiger partial charge in [0.15, 0.2) is 0 Å². The molecule has 0 aliphatic carbocycles. The minimum atomic E-state index is -0.609. The van der Waals surface area contributed by atoms with Crippen LogP contribution in [-0.4, -0.2) is 68.2 Å². The molecule has 0 bridgehead atoms. The van der Waals surface area contributed by atoms with Gasteiger partial charge in [-0.3, -0.25) is 24.6 Å². The minimum Gasteiger partial charge on any atom is -0.442 e. The lowest BCUT2D eigenvalue weighted by Gasteiger charge is -2.36. The van der Waals surface area contributed by atoms with Crippen LogP contribution in [0.15, 0.2) is 24.3 Å². The normalized spacial score (nSPS) is 17.7. The van der Waals surface area contributed by atoms with Gasteiger partial charge in [0, 0.05) is 46.1 Å². The van der Waals surface area contributed by atoms with Crippen molar-refractivity contribution in [1.29, 1.82) is 0 Å². The third-order valence-electron chi connectivity index (χ3n) is 5.82. The summed E-state index contributed by atoms with van der Waals surface area (Å²) in [6.45, 7) is 4.75. The van der Waals surface area contributed by atoms with Crippen LogP contribution in [0, 0.1) is 15.9 Å². The van der Waals surface area contributed by atoms with E-state index in [1.807, 2.05) is 9.80 Å². The molecule has 192 valence electrons. The Balaban J connectivity index is 1.41. The maximum absolute atomic E-state index is 15.1. The molecule has 36 heavy (non-hydrogen) atoms. The number of nitro groups is 1. The van der Waals surface area contributed by atoms with E-state index in [9.17, 15) is 24.5 Å². The van der Waals surface area contributed by atoms with E-state index in [2.05, 4.69) is 10.6 Å². The van der Waals surface area contributed by atoms with Crippen LogP contribution in [0.2, 0.25) is 0 Å². The number of amides is 3. The van der Waals surface area contributed by atoms with Gasteiger partial charge in [0.05, 0.1) is 29.4 Å². The number of benzene rings is 1. The predicted molar refractivity (Wildman–Crippen MR) is 132 cm³/mol. The van der Waals surface area contributed by atoms with Crippen molar-refractivity contribution < 1.29 is 28.4 Å². The summed E-state index contributed by atoms with van der Waals surface area (Å²) in [5.41, 5.74) is 1.13. The van der Waals surface area contributed by atoms with Gasteiger partial charge in [-0.15, -0.1) is 0 Å². The van der Waals surface area contributed by atoms with Crippen molar-refractivity contribution in [3.8, 4) is 0 Å². The third kappa shape index (κ3) is 5.48. The fourth-order valence-electron chi connectivity index (χ4n) is 4.17. The van der Waals surface area contributed by atoms with Crippen molar-refractivity contribution >= 4 is 56.3 Å². The fourth-order valence-corrected chi connectivity index (χ4v) is 5.11. The highest BCUT2D eigenvalue weighted by atomic mass is 32.1. The molecule has 12 nitrogen and oxygen atoms in total. The molecule has 0 spiro atoms. The Morgan fingerprint density at radius 3 is 2.39 bits per heavy atom. The van der Waals surface area contributed by atoms with E-state index in [0.717, 1.165) is 11.3 Å². The van der Waals surface area contributed by atoms with Gasteiger partial charge >= 0.3 is 11.1 Å². The maximum atomic E-state index is 15.1. The summed E-state index contributed by atoms with van der Waals surface area (Å²) < 4.78 is 20.3. The molecule has 3 amide bonds. The van der Waals surface area contributed by atoms with Gasteiger partial charge in [-0.2, -0.15) is 0 Å². The number of cyclic esters (lactones) is 1. The van der Waals surface area contributed by atoms with Crippen LogP contribution in [0.25, 0.3) is 0 Å². The number of anilines is 4. The minimum absolute atomic E-state index is 0.0583. The number of thiophene rings is 1. The predicted octanol–water partition coefficient (Wildman–Crippen LogP) is 2.54. The molecule has 2 N–H and O–H groups in total. The van der Waals surface area contributed by atoms with E-state index in [-0.39, 0.29) is 29.9 Å². The van der Waals surface area contributed by atoms with Crippen LogP contribution in [-0.2, 0) is 14.3 Å². The number of hydrogen-bond donors (Lipinski definition) is 2. The van der Waals surface area contributed by atoms with Gasteiger partial charge in [-0.25, -0.2) is 9.18 Å². The van der Waals surface area contributed by atoms with E-state index in [0.29, 0.717) is 48.2 Å². The summed E-state index contributed by atoms with van der Waals surface area (Å²) in [7, 11) is 0. The Kier molecular flexibility index (Phi) is 7.24. The molecule has 2 aromatic rings. The molecule has 2 aliphatic rings. The average molecular weight is 521 g/mol. The summed E-state index contributed by atoms with van der Waals surface area (Å²) in [6.07, 6.45) is -1.13. The summed E-state index contributed by atoms with van der Waals surface area (Å²) >= 11 is 0.898. The van der Waals surface area contributed by atoms with Gasteiger partial charge in [-0.1, -0.05) is 0 Å². The Bertz CT molecular complexity index is 1200. The van der Waals surface area contributed by atoms with Crippen LogP contribution in [0.1, 0.15) is 13.8 Å². The number of rotatable bonds is 7. The smallest absolute Gasteiger partial charge is 0.414 e. The van der Waals surface area contributed by atoms with Gasteiger partial charge < -0.3 is 25.2 Å². The van der Waals surface area contributed by atoms with E-state index in [1.165, 1.54) is 24.8 Å². The highest BCUT2D eigenvalue weighted by Crippen LogP contribution is 2.41. The average Bonchev–Trinajstić information content (AvgIpc) is 3.41. The lowest BCUT2D eigenvalue weighted by Crippen LogP contribution is -2.46. The van der Waals surface area contributed by atoms with Crippen molar-refractivity contribution in [2.24, 2.45) is 0 Å². The van der Waals surface area contributed by atoms with E-state index in [4.69, 9.17) is 4.74 Å². The van der Waals surface area contributed by atoms with Gasteiger partial charge in [-0.05, 0) is 29.5 Å². The van der Waals surface area contributed by atoms with Gasteiger partial charge in [0.2, 0.25) is 11.8 Å². The Hall–Kier alpha value is -3.94. The zero-order valence-electron chi connectivity index (χ0n) is 19.7. The lowest BCUT2D eigenvalue weighted by molar-refractivity contribution is -0.379. The Morgan fingerprint density at radius 2 is 1.81 bits per heavy atom. The molecule has 2 fully saturated rings. The van der Waals surface area contributed by atoms with Crippen molar-refractivity contribution in [3.05, 3.63) is 40.2 Å². The second-order valence-corrected chi connectivity index (χ2v) is 9.43. The number of piperazine rings is 1. The molecule has 1 aromatic carbocycles. The number of carbonyl (C=O) groups excluding carboxylic acids is 3. The molecular weight excluding hydrogens is 495 g/mol. The van der Waals surface area contributed by atoms with Crippen LogP contribution < -0.4 is 25.3 Å². The number of hydrogen-bond acceptors (Lipinski definition) is 9. The molecular formula is C22H25FN6O6S. The molecule has 14 heteroatoms. The van der Waals surface area contributed by atoms with Crippen molar-refractivity contribution in [1.82, 2.24) is 5.32 Å². The summed E-state index contributed by atoms with van der Waals surface area (Å²) in [6, 6.07) is 6.09. The zero-order chi connectivity index (χ0) is 26.0. The molecule has 4 rings (SSSR count). The molecule has 3 heterocycles. The molecule has 0 saturated carbocycles. The van der Waals surface area contributed by atoms with E-state index >= 15 is 4.39 Å². The second-order valence-electron chi connectivity index (χ2n) is 8.40. The summed E-state index contributed by atoms with van der Waals surface area (Å²) in [5.74, 6) is -1.05. The van der Waals surface area contributed by atoms with Crippen LogP contribution in [0.3, 0.4) is 0 Å². The first-order valence-corrected chi connectivity index (χ1v) is 12.0. The van der Waals surface area contributed by atoms with Crippen LogP contribution in [0.5, 0.6) is 0 Å². The van der Waals surface area contributed by atoms with Crippen molar-refractivity contribution in [2.45, 2.75) is 20.0 Å². The Morgan fingerprint density at radius 1 is 1.14 bits per heavy atom. The third-order valence-corrected chi connectivity index (χ3v) is 6.81. The lowest BCUT2D eigenvalue weighted by atomic mass is 10.2. The van der Waals surface area contributed by atoms with Crippen LogP contribution in [0.4, 0.5) is 36.2 Å². The first kappa shape index (κ1) is 25.2. The number of nitrogens with one attached hydrogen (secondary N) is 2. The van der Waals surface area contributed by atoms with Gasteiger partial charge in [0.25, 0.3) is 0 Å². The second kappa shape index (κ2) is 10.4.